The lowest BCUT2D eigenvalue weighted by molar-refractivity contribution is 0.0752. The number of anilines is 2. The maximum atomic E-state index is 12.7. The van der Waals surface area contributed by atoms with Gasteiger partial charge < -0.3 is 10.2 Å². The Balaban J connectivity index is 1.67. The molecule has 2 aromatic carbocycles. The molecule has 0 aliphatic heterocycles. The summed E-state index contributed by atoms with van der Waals surface area (Å²) >= 11 is 0. The highest BCUT2D eigenvalue weighted by molar-refractivity contribution is 5.93. The molecule has 0 unspecified atom stereocenters. The number of benzene rings is 2. The highest BCUT2D eigenvalue weighted by Gasteiger charge is 2.15. The minimum Gasteiger partial charge on any atom is -0.335 e. The fourth-order valence-electron chi connectivity index (χ4n) is 2.57. The number of nitriles is 1. The average Bonchev–Trinajstić information content (AvgIpc) is 2.73. The van der Waals surface area contributed by atoms with E-state index in [1.807, 2.05) is 37.3 Å². The van der Waals surface area contributed by atoms with Crippen LogP contribution in [0.4, 0.5) is 11.6 Å². The smallest absolute Gasteiger partial charge is 0.257 e. The van der Waals surface area contributed by atoms with E-state index in [1.54, 1.807) is 29.2 Å². The summed E-state index contributed by atoms with van der Waals surface area (Å²) in [5.74, 6) is 0.286. The van der Waals surface area contributed by atoms with Gasteiger partial charge in [-0.25, -0.2) is 9.97 Å². The van der Waals surface area contributed by atoms with Crippen LogP contribution < -0.4 is 5.32 Å². The van der Waals surface area contributed by atoms with Crippen LogP contribution in [0.15, 0.2) is 67.0 Å². The molecule has 6 nitrogen and oxygen atoms in total. The number of carbonyl (C=O) groups excluding carboxylic acids is 1. The Morgan fingerprint density at radius 3 is 2.33 bits per heavy atom. The number of carbonyl (C=O) groups is 1. The summed E-state index contributed by atoms with van der Waals surface area (Å²) in [5, 5.41) is 11.9. The van der Waals surface area contributed by atoms with Gasteiger partial charge in [0, 0.05) is 31.2 Å². The Morgan fingerprint density at radius 1 is 1.07 bits per heavy atom. The molecule has 0 fully saturated rings. The van der Waals surface area contributed by atoms with Crippen LogP contribution in [0.25, 0.3) is 0 Å². The molecule has 0 saturated heterocycles. The van der Waals surface area contributed by atoms with Crippen LogP contribution in [0, 0.1) is 11.3 Å². The van der Waals surface area contributed by atoms with Crippen molar-refractivity contribution < 1.29 is 4.79 Å². The van der Waals surface area contributed by atoms with E-state index in [1.165, 1.54) is 12.4 Å². The van der Waals surface area contributed by atoms with Crippen LogP contribution in [0.5, 0.6) is 0 Å². The van der Waals surface area contributed by atoms with Crippen molar-refractivity contribution in [1.29, 1.82) is 5.26 Å². The largest absolute Gasteiger partial charge is 0.335 e. The molecule has 27 heavy (non-hydrogen) atoms. The summed E-state index contributed by atoms with van der Waals surface area (Å²) in [5.41, 5.74) is 2.87. The first-order chi connectivity index (χ1) is 13.2. The van der Waals surface area contributed by atoms with Crippen LogP contribution in [0.1, 0.15) is 28.4 Å². The first-order valence-electron chi connectivity index (χ1n) is 8.62. The minimum absolute atomic E-state index is 0.105. The molecule has 0 aliphatic rings. The number of amides is 1. The van der Waals surface area contributed by atoms with Gasteiger partial charge in [0.25, 0.3) is 5.91 Å². The lowest BCUT2D eigenvalue weighted by Crippen LogP contribution is -2.30. The normalized spacial score (nSPS) is 10.1. The Kier molecular flexibility index (Phi) is 5.75. The zero-order chi connectivity index (χ0) is 19.1. The number of hydrogen-bond donors (Lipinski definition) is 1. The van der Waals surface area contributed by atoms with Crippen molar-refractivity contribution in [3.8, 4) is 6.07 Å². The third-order valence-electron chi connectivity index (χ3n) is 4.05. The van der Waals surface area contributed by atoms with Crippen molar-refractivity contribution in [3.63, 3.8) is 0 Å². The molecule has 3 aromatic rings. The number of nitrogens with one attached hydrogen (secondary N) is 1. The molecule has 0 radical (unpaired) electrons. The van der Waals surface area contributed by atoms with E-state index >= 15 is 0 Å². The molecule has 1 N–H and O–H groups in total. The number of aromatic nitrogens is 2. The summed E-state index contributed by atoms with van der Waals surface area (Å²) in [4.78, 5) is 22.9. The van der Waals surface area contributed by atoms with E-state index in [-0.39, 0.29) is 5.91 Å². The van der Waals surface area contributed by atoms with Gasteiger partial charge >= 0.3 is 0 Å². The monoisotopic (exact) mass is 357 g/mol. The van der Waals surface area contributed by atoms with Gasteiger partial charge in [0.05, 0.1) is 17.2 Å². The van der Waals surface area contributed by atoms with Crippen LogP contribution in [-0.2, 0) is 6.54 Å². The summed E-state index contributed by atoms with van der Waals surface area (Å²) in [6.07, 6.45) is 3.05. The second kappa shape index (κ2) is 8.59. The number of hydrogen-bond acceptors (Lipinski definition) is 5. The van der Waals surface area contributed by atoms with Crippen molar-refractivity contribution >= 4 is 17.5 Å². The lowest BCUT2D eigenvalue weighted by atomic mass is 10.2. The van der Waals surface area contributed by atoms with Crippen molar-refractivity contribution in [2.24, 2.45) is 0 Å². The molecule has 0 saturated carbocycles. The second-order valence-corrected chi connectivity index (χ2v) is 5.91. The molecule has 3 rings (SSSR count). The molecule has 6 heteroatoms. The zero-order valence-corrected chi connectivity index (χ0v) is 15.0. The summed E-state index contributed by atoms with van der Waals surface area (Å²) in [6.45, 7) is 3.09. The van der Waals surface area contributed by atoms with Crippen LogP contribution in [-0.4, -0.2) is 27.3 Å². The van der Waals surface area contributed by atoms with E-state index in [4.69, 9.17) is 5.26 Å². The van der Waals surface area contributed by atoms with Gasteiger partial charge in [0.15, 0.2) is 0 Å². The summed E-state index contributed by atoms with van der Waals surface area (Å²) in [6, 6.07) is 18.9. The zero-order valence-electron chi connectivity index (χ0n) is 15.0. The molecule has 1 aromatic heterocycles. The van der Waals surface area contributed by atoms with E-state index in [0.29, 0.717) is 30.2 Å². The molecule has 0 spiro atoms. The first kappa shape index (κ1) is 18.1. The average molecular weight is 357 g/mol. The van der Waals surface area contributed by atoms with Gasteiger partial charge in [0.1, 0.15) is 0 Å². The molecule has 0 aliphatic carbocycles. The number of rotatable bonds is 6. The molecular formula is C21H19N5O. The lowest BCUT2D eigenvalue weighted by Gasteiger charge is -2.20. The van der Waals surface area contributed by atoms with Crippen molar-refractivity contribution in [2.75, 3.05) is 11.9 Å². The third kappa shape index (κ3) is 4.67. The van der Waals surface area contributed by atoms with Gasteiger partial charge in [0.2, 0.25) is 5.95 Å². The van der Waals surface area contributed by atoms with Crippen LogP contribution in [0.2, 0.25) is 0 Å². The maximum absolute atomic E-state index is 12.7. The van der Waals surface area contributed by atoms with E-state index < -0.39 is 0 Å². The van der Waals surface area contributed by atoms with Crippen molar-refractivity contribution in [1.82, 2.24) is 14.9 Å². The topological polar surface area (TPSA) is 81.9 Å². The summed E-state index contributed by atoms with van der Waals surface area (Å²) in [7, 11) is 0. The fraction of sp³-hybridized carbons (Fsp3) is 0.143. The van der Waals surface area contributed by atoms with Gasteiger partial charge in [-0.05, 0) is 36.8 Å². The van der Waals surface area contributed by atoms with Gasteiger partial charge in [-0.2, -0.15) is 5.26 Å². The SMILES string of the molecule is CCN(Cc1ccccc1)C(=O)c1cnc(Nc2ccc(C#N)cc2)nc1. The predicted octanol–water partition coefficient (Wildman–Crippen LogP) is 3.75. The molecule has 0 bridgehead atoms. The van der Waals surface area contributed by atoms with E-state index in [2.05, 4.69) is 21.4 Å². The maximum Gasteiger partial charge on any atom is 0.257 e. The molecule has 1 amide bonds. The van der Waals surface area contributed by atoms with Gasteiger partial charge in [-0.15, -0.1) is 0 Å². The standard InChI is InChI=1S/C21H19N5O/c1-2-26(15-17-6-4-3-5-7-17)20(27)18-13-23-21(24-14-18)25-19-10-8-16(12-22)9-11-19/h3-11,13-14H,2,15H2,1H3,(H,23,24,25). The van der Waals surface area contributed by atoms with Crippen LogP contribution in [0.3, 0.4) is 0 Å². The Labute approximate surface area is 158 Å². The third-order valence-corrected chi connectivity index (χ3v) is 4.05. The Morgan fingerprint density at radius 2 is 1.74 bits per heavy atom. The minimum atomic E-state index is -0.105. The predicted molar refractivity (Wildman–Crippen MR) is 103 cm³/mol. The highest BCUT2D eigenvalue weighted by Crippen LogP contribution is 2.14. The summed E-state index contributed by atoms with van der Waals surface area (Å²) < 4.78 is 0. The van der Waals surface area contributed by atoms with E-state index in [0.717, 1.165) is 11.3 Å². The first-order valence-corrected chi connectivity index (χ1v) is 8.62. The number of nitrogens with zero attached hydrogens (tertiary/aromatic N) is 4. The molecule has 134 valence electrons. The second-order valence-electron chi connectivity index (χ2n) is 5.91. The molecule has 1 heterocycles. The Bertz CT molecular complexity index is 931. The Hall–Kier alpha value is -3.72. The van der Waals surface area contributed by atoms with E-state index in [9.17, 15) is 4.79 Å². The van der Waals surface area contributed by atoms with Crippen molar-refractivity contribution in [2.45, 2.75) is 13.5 Å². The fourth-order valence-corrected chi connectivity index (χ4v) is 2.57. The quantitative estimate of drug-likeness (QED) is 0.726. The van der Waals surface area contributed by atoms with Gasteiger partial charge in [-0.3, -0.25) is 4.79 Å². The van der Waals surface area contributed by atoms with Crippen molar-refractivity contribution in [3.05, 3.63) is 83.7 Å². The molecule has 0 atom stereocenters. The van der Waals surface area contributed by atoms with Crippen LogP contribution >= 0.6 is 0 Å². The highest BCUT2D eigenvalue weighted by atomic mass is 16.2. The molecular weight excluding hydrogens is 338 g/mol. The van der Waals surface area contributed by atoms with Gasteiger partial charge in [-0.1, -0.05) is 30.3 Å².